The Morgan fingerprint density at radius 2 is 2.67 bits per heavy atom. The third-order valence-electron chi connectivity index (χ3n) is 3.16. The van der Waals surface area contributed by atoms with E-state index in [-0.39, 0.29) is 0 Å². The van der Waals surface area contributed by atoms with E-state index in [0.29, 0.717) is 12.0 Å². The molecule has 1 fully saturated rings. The number of nitrogens with one attached hydrogen (secondary N) is 1. The lowest BCUT2D eigenvalue weighted by Gasteiger charge is -2.18. The minimum Gasteiger partial charge on any atom is -0.331 e. The van der Waals surface area contributed by atoms with Crippen LogP contribution in [0.4, 0.5) is 0 Å². The van der Waals surface area contributed by atoms with Crippen molar-refractivity contribution in [1.29, 1.82) is 0 Å². The number of hydrogen-bond donors (Lipinski definition) is 1. The normalized spacial score (nSPS) is 22.9. The number of hydrogen-bond acceptors (Lipinski definition) is 2. The van der Waals surface area contributed by atoms with E-state index < -0.39 is 0 Å². The van der Waals surface area contributed by atoms with Gasteiger partial charge in [-0.05, 0) is 26.3 Å². The average molecular weight is 205 g/mol. The predicted octanol–water partition coefficient (Wildman–Crippen LogP) is 2.10. The van der Waals surface area contributed by atoms with Crippen LogP contribution in [0.5, 0.6) is 0 Å². The van der Waals surface area contributed by atoms with Crippen LogP contribution in [0.15, 0.2) is 25.2 Å². The fourth-order valence-electron chi connectivity index (χ4n) is 2.26. The van der Waals surface area contributed by atoms with Crippen molar-refractivity contribution in [2.24, 2.45) is 0 Å². The van der Waals surface area contributed by atoms with Gasteiger partial charge in [-0.3, -0.25) is 0 Å². The summed E-state index contributed by atoms with van der Waals surface area (Å²) in [5.41, 5.74) is 1.37. The van der Waals surface area contributed by atoms with Gasteiger partial charge in [-0.1, -0.05) is 6.08 Å². The maximum absolute atomic E-state index is 4.27. The predicted molar refractivity (Wildman–Crippen MR) is 62.0 cm³/mol. The summed E-state index contributed by atoms with van der Waals surface area (Å²) >= 11 is 0. The number of rotatable bonds is 4. The molecule has 2 atom stereocenters. The molecular formula is C12H19N3. The van der Waals surface area contributed by atoms with Gasteiger partial charge in [-0.25, -0.2) is 4.98 Å². The number of aromatic nitrogens is 2. The lowest BCUT2D eigenvalue weighted by atomic mass is 10.0. The molecule has 82 valence electrons. The Hall–Kier alpha value is -1.09. The van der Waals surface area contributed by atoms with Crippen LogP contribution in [0.1, 0.15) is 37.4 Å². The Bertz CT molecular complexity index is 323. The van der Waals surface area contributed by atoms with E-state index in [2.05, 4.69) is 28.4 Å². The minimum absolute atomic E-state index is 0.473. The van der Waals surface area contributed by atoms with Crippen LogP contribution in [0.2, 0.25) is 0 Å². The van der Waals surface area contributed by atoms with E-state index in [4.69, 9.17) is 0 Å². The summed E-state index contributed by atoms with van der Waals surface area (Å²) in [7, 11) is 0. The standard InChI is InChI=1S/C12H19N3/c1-3-4-10(2)15-9-14-8-12(15)11-5-6-13-7-11/h3,8-11,13H,1,4-7H2,2H3. The molecule has 1 N–H and O–H groups in total. The van der Waals surface area contributed by atoms with Crippen molar-refractivity contribution in [2.75, 3.05) is 13.1 Å². The summed E-state index contributed by atoms with van der Waals surface area (Å²) in [6.45, 7) is 8.23. The van der Waals surface area contributed by atoms with Crippen LogP contribution in [0.3, 0.4) is 0 Å². The molecule has 0 saturated carbocycles. The summed E-state index contributed by atoms with van der Waals surface area (Å²) in [6, 6.07) is 0.473. The van der Waals surface area contributed by atoms with Crippen molar-refractivity contribution in [3.63, 3.8) is 0 Å². The molecule has 0 spiro atoms. The van der Waals surface area contributed by atoms with Gasteiger partial charge in [0.05, 0.1) is 6.33 Å². The van der Waals surface area contributed by atoms with Crippen molar-refractivity contribution in [1.82, 2.24) is 14.9 Å². The topological polar surface area (TPSA) is 29.9 Å². The minimum atomic E-state index is 0.473. The third kappa shape index (κ3) is 2.12. The zero-order chi connectivity index (χ0) is 10.7. The van der Waals surface area contributed by atoms with Crippen LogP contribution in [-0.4, -0.2) is 22.6 Å². The molecule has 3 heteroatoms. The van der Waals surface area contributed by atoms with Crippen LogP contribution in [0.25, 0.3) is 0 Å². The molecule has 0 amide bonds. The molecule has 1 aromatic heterocycles. The Kier molecular flexibility index (Phi) is 3.21. The van der Waals surface area contributed by atoms with Crippen molar-refractivity contribution in [3.8, 4) is 0 Å². The largest absolute Gasteiger partial charge is 0.331 e. The van der Waals surface area contributed by atoms with Gasteiger partial charge in [0.25, 0.3) is 0 Å². The number of nitrogens with zero attached hydrogens (tertiary/aromatic N) is 2. The van der Waals surface area contributed by atoms with Gasteiger partial charge in [0.1, 0.15) is 0 Å². The molecule has 2 unspecified atom stereocenters. The van der Waals surface area contributed by atoms with E-state index >= 15 is 0 Å². The molecule has 0 aromatic carbocycles. The molecule has 15 heavy (non-hydrogen) atoms. The molecule has 0 bridgehead atoms. The second kappa shape index (κ2) is 4.62. The van der Waals surface area contributed by atoms with Crippen molar-refractivity contribution < 1.29 is 0 Å². The molecule has 1 aliphatic heterocycles. The molecule has 2 rings (SSSR count). The van der Waals surface area contributed by atoms with E-state index in [0.717, 1.165) is 19.5 Å². The summed E-state index contributed by atoms with van der Waals surface area (Å²) in [6.07, 6.45) is 8.16. The Morgan fingerprint density at radius 1 is 1.80 bits per heavy atom. The summed E-state index contributed by atoms with van der Waals surface area (Å²) in [5, 5.41) is 3.40. The molecular weight excluding hydrogens is 186 g/mol. The van der Waals surface area contributed by atoms with Crippen LogP contribution < -0.4 is 5.32 Å². The summed E-state index contributed by atoms with van der Waals surface area (Å²) in [5.74, 6) is 0.639. The lowest BCUT2D eigenvalue weighted by molar-refractivity contribution is 0.515. The lowest BCUT2D eigenvalue weighted by Crippen LogP contribution is -2.13. The van der Waals surface area contributed by atoms with Gasteiger partial charge >= 0.3 is 0 Å². The zero-order valence-electron chi connectivity index (χ0n) is 9.32. The van der Waals surface area contributed by atoms with Crippen LogP contribution in [-0.2, 0) is 0 Å². The van der Waals surface area contributed by atoms with E-state index in [1.807, 2.05) is 18.6 Å². The van der Waals surface area contributed by atoms with Gasteiger partial charge in [-0.2, -0.15) is 0 Å². The highest BCUT2D eigenvalue weighted by Gasteiger charge is 2.21. The molecule has 2 heterocycles. The van der Waals surface area contributed by atoms with Gasteiger partial charge in [0.15, 0.2) is 0 Å². The smallest absolute Gasteiger partial charge is 0.0950 e. The van der Waals surface area contributed by atoms with Crippen LogP contribution in [0, 0.1) is 0 Å². The number of imidazole rings is 1. The van der Waals surface area contributed by atoms with Gasteiger partial charge in [-0.15, -0.1) is 6.58 Å². The summed E-state index contributed by atoms with van der Waals surface area (Å²) in [4.78, 5) is 4.27. The zero-order valence-corrected chi connectivity index (χ0v) is 9.32. The third-order valence-corrected chi connectivity index (χ3v) is 3.16. The molecule has 3 nitrogen and oxygen atoms in total. The van der Waals surface area contributed by atoms with Gasteiger partial charge < -0.3 is 9.88 Å². The monoisotopic (exact) mass is 205 g/mol. The van der Waals surface area contributed by atoms with Crippen molar-refractivity contribution in [2.45, 2.75) is 31.7 Å². The Balaban J connectivity index is 2.16. The molecule has 0 radical (unpaired) electrons. The fraction of sp³-hybridized carbons (Fsp3) is 0.583. The first-order valence-corrected chi connectivity index (χ1v) is 5.66. The second-order valence-corrected chi connectivity index (χ2v) is 4.29. The molecule has 1 saturated heterocycles. The van der Waals surface area contributed by atoms with Crippen molar-refractivity contribution >= 4 is 0 Å². The number of allylic oxidation sites excluding steroid dienone is 1. The molecule has 0 aliphatic carbocycles. The first-order valence-electron chi connectivity index (χ1n) is 5.66. The highest BCUT2D eigenvalue weighted by Crippen LogP contribution is 2.25. The molecule has 1 aromatic rings. The van der Waals surface area contributed by atoms with Gasteiger partial charge in [0.2, 0.25) is 0 Å². The Labute approximate surface area is 91.2 Å². The fourth-order valence-corrected chi connectivity index (χ4v) is 2.26. The SMILES string of the molecule is C=CCC(C)n1cncc1C1CCNC1. The first kappa shape index (κ1) is 10.4. The quantitative estimate of drug-likeness (QED) is 0.763. The van der Waals surface area contributed by atoms with Crippen molar-refractivity contribution in [3.05, 3.63) is 30.9 Å². The highest BCUT2D eigenvalue weighted by atomic mass is 15.1. The van der Waals surface area contributed by atoms with Gasteiger partial charge in [0, 0.05) is 30.4 Å². The van der Waals surface area contributed by atoms with E-state index in [9.17, 15) is 0 Å². The highest BCUT2D eigenvalue weighted by molar-refractivity contribution is 5.10. The second-order valence-electron chi connectivity index (χ2n) is 4.29. The van der Waals surface area contributed by atoms with E-state index in [1.54, 1.807) is 0 Å². The average Bonchev–Trinajstić information content (AvgIpc) is 2.88. The maximum Gasteiger partial charge on any atom is 0.0950 e. The maximum atomic E-state index is 4.27. The van der Waals surface area contributed by atoms with Crippen LogP contribution >= 0.6 is 0 Å². The summed E-state index contributed by atoms with van der Waals surface area (Å²) < 4.78 is 2.29. The Morgan fingerprint density at radius 3 is 3.33 bits per heavy atom. The first-order chi connectivity index (χ1) is 7.33. The molecule has 1 aliphatic rings. The van der Waals surface area contributed by atoms with E-state index in [1.165, 1.54) is 12.1 Å².